The smallest absolute Gasteiger partial charge is 0.329 e. The van der Waals surface area contributed by atoms with Gasteiger partial charge in [-0.05, 0) is 43.3 Å². The molecule has 2 heterocycles. The first-order valence-electron chi connectivity index (χ1n) is 9.49. The zero-order chi connectivity index (χ0) is 21.3. The van der Waals surface area contributed by atoms with Crippen molar-refractivity contribution in [3.8, 4) is 5.75 Å². The van der Waals surface area contributed by atoms with Crippen LogP contribution in [0, 0.1) is 0 Å². The summed E-state index contributed by atoms with van der Waals surface area (Å²) in [6, 6.07) is 12.2. The number of fused-ring (bicyclic) bond motifs is 1. The van der Waals surface area contributed by atoms with E-state index in [9.17, 15) is 14.4 Å². The van der Waals surface area contributed by atoms with Crippen LogP contribution in [0.2, 0.25) is 0 Å². The number of urea groups is 1. The second-order valence-corrected chi connectivity index (χ2v) is 7.01. The molecule has 3 aromatic rings. The number of aromatic amines is 1. The van der Waals surface area contributed by atoms with Crippen molar-refractivity contribution in [2.24, 2.45) is 0 Å². The van der Waals surface area contributed by atoms with Crippen LogP contribution in [-0.4, -0.2) is 41.0 Å². The van der Waals surface area contributed by atoms with Crippen molar-refractivity contribution >= 4 is 34.6 Å². The molecule has 3 N–H and O–H groups in total. The van der Waals surface area contributed by atoms with Crippen LogP contribution < -0.4 is 20.3 Å². The van der Waals surface area contributed by atoms with Crippen LogP contribution in [0.15, 0.2) is 48.5 Å². The standard InChI is InChI=1S/C21H21N5O4/c1-12(19-23-15-5-3-4-6-16(15)24-19)22-18(27)11-17-20(28)26(21(29)25-17)13-7-9-14(30-2)10-8-13/h3-10,12,17H,11H2,1-2H3,(H,22,27)(H,23,24)(H,25,29)/t12-,17+/m0/s1. The highest BCUT2D eigenvalue weighted by Gasteiger charge is 2.40. The van der Waals surface area contributed by atoms with Crippen molar-refractivity contribution in [2.75, 3.05) is 12.0 Å². The fraction of sp³-hybridized carbons (Fsp3) is 0.238. The number of carbonyl (C=O) groups is 3. The van der Waals surface area contributed by atoms with E-state index in [0.29, 0.717) is 17.3 Å². The molecule has 154 valence electrons. The molecule has 9 heteroatoms. The molecule has 4 amide bonds. The summed E-state index contributed by atoms with van der Waals surface area (Å²) in [5.41, 5.74) is 2.10. The third-order valence-electron chi connectivity index (χ3n) is 4.93. The van der Waals surface area contributed by atoms with Crippen LogP contribution in [0.5, 0.6) is 5.75 Å². The Labute approximate surface area is 172 Å². The minimum absolute atomic E-state index is 0.165. The molecule has 30 heavy (non-hydrogen) atoms. The Kier molecular flexibility index (Phi) is 5.09. The van der Waals surface area contributed by atoms with Crippen molar-refractivity contribution in [1.82, 2.24) is 20.6 Å². The number of anilines is 1. The molecular weight excluding hydrogens is 386 g/mol. The normalized spacial score (nSPS) is 17.1. The Morgan fingerprint density at radius 3 is 2.63 bits per heavy atom. The number of carbonyl (C=O) groups excluding carboxylic acids is 3. The maximum absolute atomic E-state index is 12.7. The van der Waals surface area contributed by atoms with Crippen LogP contribution in [0.25, 0.3) is 11.0 Å². The van der Waals surface area contributed by atoms with E-state index in [1.807, 2.05) is 24.3 Å². The van der Waals surface area contributed by atoms with Crippen LogP contribution in [0.3, 0.4) is 0 Å². The molecule has 0 aliphatic carbocycles. The molecule has 1 aromatic heterocycles. The Morgan fingerprint density at radius 2 is 1.93 bits per heavy atom. The van der Waals surface area contributed by atoms with Crippen LogP contribution in [0.1, 0.15) is 25.2 Å². The number of nitrogens with one attached hydrogen (secondary N) is 3. The number of hydrogen-bond donors (Lipinski definition) is 3. The van der Waals surface area contributed by atoms with E-state index in [0.717, 1.165) is 15.9 Å². The van der Waals surface area contributed by atoms with E-state index >= 15 is 0 Å². The summed E-state index contributed by atoms with van der Waals surface area (Å²) >= 11 is 0. The van der Waals surface area contributed by atoms with Gasteiger partial charge in [0.1, 0.15) is 17.6 Å². The Hall–Kier alpha value is -3.88. The Balaban J connectivity index is 1.40. The molecule has 0 spiro atoms. The first-order valence-corrected chi connectivity index (χ1v) is 9.49. The summed E-state index contributed by atoms with van der Waals surface area (Å²) in [4.78, 5) is 46.1. The predicted octanol–water partition coefficient (Wildman–Crippen LogP) is 2.26. The summed E-state index contributed by atoms with van der Waals surface area (Å²) in [6.07, 6.45) is -0.165. The van der Waals surface area contributed by atoms with Gasteiger partial charge in [0.05, 0.1) is 36.3 Å². The van der Waals surface area contributed by atoms with Crippen LogP contribution in [-0.2, 0) is 9.59 Å². The fourth-order valence-corrected chi connectivity index (χ4v) is 3.38. The quantitative estimate of drug-likeness (QED) is 0.542. The minimum atomic E-state index is -0.928. The molecule has 0 bridgehead atoms. The van der Waals surface area contributed by atoms with Gasteiger partial charge < -0.3 is 20.4 Å². The van der Waals surface area contributed by atoms with Crippen molar-refractivity contribution in [2.45, 2.75) is 25.4 Å². The van der Waals surface area contributed by atoms with Gasteiger partial charge in [0, 0.05) is 0 Å². The molecule has 2 aromatic carbocycles. The molecule has 9 nitrogen and oxygen atoms in total. The zero-order valence-corrected chi connectivity index (χ0v) is 16.5. The Bertz CT molecular complexity index is 1080. The largest absolute Gasteiger partial charge is 0.497 e. The molecule has 0 saturated carbocycles. The highest BCUT2D eigenvalue weighted by molar-refractivity contribution is 6.22. The number of imide groups is 1. The second kappa shape index (κ2) is 7.86. The number of benzene rings is 2. The number of rotatable bonds is 6. The van der Waals surface area contributed by atoms with Gasteiger partial charge in [0.25, 0.3) is 5.91 Å². The summed E-state index contributed by atoms with van der Waals surface area (Å²) in [7, 11) is 1.53. The second-order valence-electron chi connectivity index (χ2n) is 7.01. The molecule has 1 aliphatic heterocycles. The van der Waals surface area contributed by atoms with Crippen molar-refractivity contribution in [1.29, 1.82) is 0 Å². The van der Waals surface area contributed by atoms with Gasteiger partial charge in [-0.25, -0.2) is 14.7 Å². The lowest BCUT2D eigenvalue weighted by atomic mass is 10.1. The van der Waals surface area contributed by atoms with Crippen LogP contribution >= 0.6 is 0 Å². The van der Waals surface area contributed by atoms with Crippen molar-refractivity contribution < 1.29 is 19.1 Å². The predicted molar refractivity (Wildman–Crippen MR) is 110 cm³/mol. The third-order valence-corrected chi connectivity index (χ3v) is 4.93. The van der Waals surface area contributed by atoms with Gasteiger partial charge in [0.15, 0.2) is 0 Å². The Morgan fingerprint density at radius 1 is 1.20 bits per heavy atom. The van der Waals surface area contributed by atoms with Gasteiger partial charge in [-0.1, -0.05) is 12.1 Å². The lowest BCUT2D eigenvalue weighted by molar-refractivity contribution is -0.126. The van der Waals surface area contributed by atoms with E-state index in [1.54, 1.807) is 31.2 Å². The van der Waals surface area contributed by atoms with Crippen LogP contribution in [0.4, 0.5) is 10.5 Å². The number of ether oxygens (including phenoxy) is 1. The first-order chi connectivity index (χ1) is 14.5. The molecule has 2 atom stereocenters. The van der Waals surface area contributed by atoms with Crippen molar-refractivity contribution in [3.05, 3.63) is 54.4 Å². The topological polar surface area (TPSA) is 116 Å². The fourth-order valence-electron chi connectivity index (χ4n) is 3.38. The summed E-state index contributed by atoms with van der Waals surface area (Å²) in [6.45, 7) is 1.80. The molecule has 4 rings (SSSR count). The average Bonchev–Trinajstić information content (AvgIpc) is 3.29. The molecule has 1 saturated heterocycles. The molecule has 0 unspecified atom stereocenters. The van der Waals surface area contributed by atoms with Gasteiger partial charge >= 0.3 is 6.03 Å². The maximum Gasteiger partial charge on any atom is 0.329 e. The average molecular weight is 407 g/mol. The van der Waals surface area contributed by atoms with E-state index in [4.69, 9.17) is 4.74 Å². The molecule has 1 aliphatic rings. The SMILES string of the molecule is COc1ccc(N2C(=O)N[C@H](CC(=O)N[C@@H](C)c3nc4ccccc4[nH]3)C2=O)cc1. The van der Waals surface area contributed by atoms with E-state index in [-0.39, 0.29) is 18.4 Å². The lowest BCUT2D eigenvalue weighted by Crippen LogP contribution is -2.37. The molecular formula is C21H21N5O4. The maximum atomic E-state index is 12.7. The number of nitrogens with zero attached hydrogens (tertiary/aromatic N) is 2. The third kappa shape index (κ3) is 3.69. The van der Waals surface area contributed by atoms with E-state index < -0.39 is 18.0 Å². The lowest BCUT2D eigenvalue weighted by Gasteiger charge is -2.14. The van der Waals surface area contributed by atoms with Gasteiger partial charge in [0.2, 0.25) is 5.91 Å². The number of amides is 4. The number of methoxy groups -OCH3 is 1. The number of para-hydroxylation sites is 2. The zero-order valence-electron chi connectivity index (χ0n) is 16.5. The molecule has 0 radical (unpaired) electrons. The van der Waals surface area contributed by atoms with E-state index in [1.165, 1.54) is 7.11 Å². The minimum Gasteiger partial charge on any atom is -0.497 e. The van der Waals surface area contributed by atoms with Gasteiger partial charge in [-0.2, -0.15) is 0 Å². The number of aromatic nitrogens is 2. The molecule has 1 fully saturated rings. The number of H-pyrrole nitrogens is 1. The first kappa shape index (κ1) is 19.4. The monoisotopic (exact) mass is 407 g/mol. The van der Waals surface area contributed by atoms with Gasteiger partial charge in [-0.3, -0.25) is 9.59 Å². The summed E-state index contributed by atoms with van der Waals surface area (Å²) in [5.74, 6) is 0.391. The summed E-state index contributed by atoms with van der Waals surface area (Å²) in [5, 5.41) is 5.39. The highest BCUT2D eigenvalue weighted by Crippen LogP contribution is 2.23. The van der Waals surface area contributed by atoms with E-state index in [2.05, 4.69) is 20.6 Å². The number of hydrogen-bond acceptors (Lipinski definition) is 5. The number of imidazole rings is 1. The van der Waals surface area contributed by atoms with Crippen molar-refractivity contribution in [3.63, 3.8) is 0 Å². The highest BCUT2D eigenvalue weighted by atomic mass is 16.5. The summed E-state index contributed by atoms with van der Waals surface area (Å²) < 4.78 is 5.09. The van der Waals surface area contributed by atoms with Gasteiger partial charge in [-0.15, -0.1) is 0 Å².